The van der Waals surface area contributed by atoms with Crippen LogP contribution in [-0.4, -0.2) is 5.97 Å². The van der Waals surface area contributed by atoms with Gasteiger partial charge in [0.05, 0.1) is 15.4 Å². The van der Waals surface area contributed by atoms with Gasteiger partial charge in [0.25, 0.3) is 0 Å². The molecule has 0 aromatic heterocycles. The molecule has 2 unspecified atom stereocenters. The second kappa shape index (κ2) is 13.3. The summed E-state index contributed by atoms with van der Waals surface area (Å²) in [6, 6.07) is 0. The first kappa shape index (κ1) is 21.9. The quantitative estimate of drug-likeness (QED) is 0.332. The maximum absolute atomic E-state index is 12.5. The van der Waals surface area contributed by atoms with E-state index in [1.807, 2.05) is 0 Å². The van der Waals surface area contributed by atoms with Crippen LogP contribution in [0.15, 0.2) is 0 Å². The van der Waals surface area contributed by atoms with E-state index in [0.29, 0.717) is 0 Å². The second-order valence-electron chi connectivity index (χ2n) is 6.80. The van der Waals surface area contributed by atoms with Crippen molar-refractivity contribution in [3.05, 3.63) is 0 Å². The van der Waals surface area contributed by atoms with Gasteiger partial charge in [-0.15, -0.1) is 0 Å². The van der Waals surface area contributed by atoms with Crippen LogP contribution in [0.25, 0.3) is 0 Å². The molecule has 0 aromatic rings. The molecule has 0 bridgehead atoms. The highest BCUT2D eigenvalue weighted by molar-refractivity contribution is 7.10. The standard InChI is InChI=1S/C19H39O2P/c1-5-9-13-17(18(20)21-22)19(14-10-6-2,15-11-7-3)16-12-8-4/h17H,5-16,22H2,1-4H3. The molecule has 0 rings (SSSR count). The summed E-state index contributed by atoms with van der Waals surface area (Å²) in [7, 11) is 2.18. The van der Waals surface area contributed by atoms with E-state index >= 15 is 0 Å². The zero-order valence-electron chi connectivity index (χ0n) is 15.5. The van der Waals surface area contributed by atoms with Crippen molar-refractivity contribution in [2.75, 3.05) is 0 Å². The van der Waals surface area contributed by atoms with Gasteiger partial charge in [0.1, 0.15) is 0 Å². The Balaban J connectivity index is 5.37. The molecule has 0 radical (unpaired) electrons. The number of carbonyl (C=O) groups excluding carboxylic acids is 1. The topological polar surface area (TPSA) is 26.3 Å². The van der Waals surface area contributed by atoms with Gasteiger partial charge in [0.15, 0.2) is 0 Å². The Hall–Kier alpha value is -0.100. The Bertz CT molecular complexity index is 257. The third-order valence-corrected chi connectivity index (χ3v) is 5.30. The molecule has 0 saturated carbocycles. The van der Waals surface area contributed by atoms with Crippen LogP contribution in [0, 0.1) is 11.3 Å². The molecule has 0 saturated heterocycles. The Labute approximate surface area is 141 Å². The van der Waals surface area contributed by atoms with Gasteiger partial charge in [0.2, 0.25) is 0 Å². The third kappa shape index (κ3) is 7.44. The summed E-state index contributed by atoms with van der Waals surface area (Å²) >= 11 is 0. The average Bonchev–Trinajstić information content (AvgIpc) is 2.55. The van der Waals surface area contributed by atoms with Crippen molar-refractivity contribution in [3.63, 3.8) is 0 Å². The molecule has 0 spiro atoms. The van der Waals surface area contributed by atoms with Crippen LogP contribution < -0.4 is 0 Å². The molecule has 2 atom stereocenters. The minimum atomic E-state index is 0.00163. The summed E-state index contributed by atoms with van der Waals surface area (Å²) in [6.07, 6.45) is 14.1. The lowest BCUT2D eigenvalue weighted by molar-refractivity contribution is -0.144. The number of carbonyl (C=O) groups is 1. The molecule has 0 aliphatic rings. The van der Waals surface area contributed by atoms with Crippen LogP contribution in [0.4, 0.5) is 0 Å². The van der Waals surface area contributed by atoms with Gasteiger partial charge in [-0.2, -0.15) is 0 Å². The number of rotatable bonds is 14. The normalized spacial score (nSPS) is 13.1. The van der Waals surface area contributed by atoms with Crippen LogP contribution in [0.1, 0.15) is 105 Å². The van der Waals surface area contributed by atoms with Crippen molar-refractivity contribution >= 4 is 15.4 Å². The van der Waals surface area contributed by atoms with Crippen molar-refractivity contribution < 1.29 is 9.32 Å². The molecule has 22 heavy (non-hydrogen) atoms. The maximum Gasteiger partial charge on any atom is 0.311 e. The Kier molecular flexibility index (Phi) is 13.3. The largest absolute Gasteiger partial charge is 0.451 e. The lowest BCUT2D eigenvalue weighted by Crippen LogP contribution is -2.36. The van der Waals surface area contributed by atoms with Crippen molar-refractivity contribution in [2.24, 2.45) is 11.3 Å². The van der Waals surface area contributed by atoms with Crippen molar-refractivity contribution in [2.45, 2.75) is 105 Å². The molecule has 0 N–H and O–H groups in total. The smallest absolute Gasteiger partial charge is 0.311 e. The van der Waals surface area contributed by atoms with Crippen LogP contribution >= 0.6 is 9.47 Å². The number of unbranched alkanes of at least 4 members (excludes halogenated alkanes) is 4. The van der Waals surface area contributed by atoms with Crippen LogP contribution in [0.3, 0.4) is 0 Å². The SMILES string of the molecule is CCCCC(C(=O)OP)C(CCCC)(CCCC)CCCC. The maximum atomic E-state index is 12.5. The predicted molar refractivity (Wildman–Crippen MR) is 99.8 cm³/mol. The van der Waals surface area contributed by atoms with Crippen molar-refractivity contribution in [1.82, 2.24) is 0 Å². The number of hydrogen-bond acceptors (Lipinski definition) is 2. The van der Waals surface area contributed by atoms with E-state index < -0.39 is 0 Å². The van der Waals surface area contributed by atoms with Gasteiger partial charge in [-0.1, -0.05) is 79.1 Å². The fraction of sp³-hybridized carbons (Fsp3) is 0.947. The highest BCUT2D eigenvalue weighted by atomic mass is 31.0. The molecule has 0 aliphatic heterocycles. The summed E-state index contributed by atoms with van der Waals surface area (Å²) in [5, 5.41) is 0. The molecular formula is C19H39O2P. The van der Waals surface area contributed by atoms with E-state index in [2.05, 4.69) is 37.2 Å². The minimum absolute atomic E-state index is 0.00163. The number of hydrogen-bond donors (Lipinski definition) is 0. The average molecular weight is 330 g/mol. The summed E-state index contributed by atoms with van der Waals surface area (Å²) in [4.78, 5) is 12.5. The lowest BCUT2D eigenvalue weighted by atomic mass is 9.64. The zero-order chi connectivity index (χ0) is 16.8. The fourth-order valence-corrected chi connectivity index (χ4v) is 3.81. The van der Waals surface area contributed by atoms with Gasteiger partial charge < -0.3 is 4.52 Å². The van der Waals surface area contributed by atoms with Gasteiger partial charge in [-0.25, -0.2) is 0 Å². The molecular weight excluding hydrogens is 291 g/mol. The molecule has 0 fully saturated rings. The molecule has 0 amide bonds. The molecule has 3 heteroatoms. The molecule has 0 aromatic carbocycles. The first-order valence-electron chi connectivity index (χ1n) is 9.52. The van der Waals surface area contributed by atoms with E-state index in [1.165, 1.54) is 57.8 Å². The second-order valence-corrected chi connectivity index (χ2v) is 7.04. The summed E-state index contributed by atoms with van der Waals surface area (Å²) in [5.41, 5.74) is 0.158. The highest BCUT2D eigenvalue weighted by Crippen LogP contribution is 2.46. The van der Waals surface area contributed by atoms with Crippen LogP contribution in [0.2, 0.25) is 0 Å². The van der Waals surface area contributed by atoms with Gasteiger partial charge in [0, 0.05) is 0 Å². The van der Waals surface area contributed by atoms with Crippen LogP contribution in [0.5, 0.6) is 0 Å². The van der Waals surface area contributed by atoms with Crippen LogP contribution in [-0.2, 0) is 9.32 Å². The Morgan fingerprint density at radius 3 is 1.59 bits per heavy atom. The molecule has 0 aliphatic carbocycles. The monoisotopic (exact) mass is 330 g/mol. The minimum Gasteiger partial charge on any atom is -0.451 e. The summed E-state index contributed by atoms with van der Waals surface area (Å²) < 4.78 is 5.13. The highest BCUT2D eigenvalue weighted by Gasteiger charge is 2.41. The fourth-order valence-electron chi connectivity index (χ4n) is 3.65. The lowest BCUT2D eigenvalue weighted by Gasteiger charge is -2.40. The molecule has 132 valence electrons. The van der Waals surface area contributed by atoms with E-state index in [1.54, 1.807) is 0 Å². The Morgan fingerprint density at radius 2 is 1.27 bits per heavy atom. The predicted octanol–water partition coefficient (Wildman–Crippen LogP) is 6.68. The van der Waals surface area contributed by atoms with Gasteiger partial charge in [-0.3, -0.25) is 4.79 Å². The molecule has 2 nitrogen and oxygen atoms in total. The van der Waals surface area contributed by atoms with E-state index in [4.69, 9.17) is 4.52 Å². The third-order valence-electron chi connectivity index (χ3n) is 5.07. The first-order valence-corrected chi connectivity index (χ1v) is 9.99. The van der Waals surface area contributed by atoms with E-state index in [9.17, 15) is 4.79 Å². The van der Waals surface area contributed by atoms with E-state index in [0.717, 1.165) is 19.3 Å². The summed E-state index contributed by atoms with van der Waals surface area (Å²) in [6.45, 7) is 8.95. The van der Waals surface area contributed by atoms with Gasteiger partial charge in [-0.05, 0) is 31.1 Å². The van der Waals surface area contributed by atoms with Crippen molar-refractivity contribution in [1.29, 1.82) is 0 Å². The Morgan fingerprint density at radius 1 is 0.864 bits per heavy atom. The molecule has 0 heterocycles. The van der Waals surface area contributed by atoms with Gasteiger partial charge >= 0.3 is 5.97 Å². The van der Waals surface area contributed by atoms with E-state index in [-0.39, 0.29) is 17.3 Å². The first-order chi connectivity index (χ1) is 10.6. The van der Waals surface area contributed by atoms with Crippen molar-refractivity contribution in [3.8, 4) is 0 Å². The zero-order valence-corrected chi connectivity index (χ0v) is 16.6. The summed E-state index contributed by atoms with van der Waals surface area (Å²) in [5.74, 6) is 0.0800.